The van der Waals surface area contributed by atoms with Gasteiger partial charge in [0.15, 0.2) is 0 Å². The van der Waals surface area contributed by atoms with Crippen LogP contribution in [0.4, 0.5) is 0 Å². The molecule has 0 bridgehead atoms. The van der Waals surface area contributed by atoms with Gasteiger partial charge in [-0.05, 0) is 96.3 Å². The number of allylic oxidation sites excluding steroid dienone is 22. The average molecular weight is 951 g/mol. The van der Waals surface area contributed by atoms with Gasteiger partial charge in [0, 0.05) is 13.0 Å². The number of phosphoric acid groups is 1. The molecule has 0 saturated heterocycles. The highest BCUT2D eigenvalue weighted by molar-refractivity contribution is 7.47. The van der Waals surface area contributed by atoms with Crippen LogP contribution in [-0.2, 0) is 27.9 Å². The average Bonchev–Trinajstić information content (AvgIpc) is 3.29. The number of carbonyl (C=O) groups excluding carboxylic acids is 1. The first-order valence-electron chi connectivity index (χ1n) is 25.9. The van der Waals surface area contributed by atoms with Crippen molar-refractivity contribution in [3.63, 3.8) is 0 Å². The van der Waals surface area contributed by atoms with Crippen molar-refractivity contribution in [2.75, 3.05) is 54.1 Å². The van der Waals surface area contributed by atoms with E-state index in [1.807, 2.05) is 33.3 Å². The molecule has 0 aromatic heterocycles. The molecule has 1 N–H and O–H groups in total. The summed E-state index contributed by atoms with van der Waals surface area (Å²) >= 11 is 0. The number of phosphoric ester groups is 1. The SMILES string of the molecule is CC/C=C\C/C=C\C/C=C\C/C=C\C/C=C\C/C=C\CCC(=O)OC(COCCCCCCCCCCCC/C=C\C/C=C\C/C=C\C/C=C\C/C=C\CC)COP(=O)(O)OCC[N+](C)(C)C. The number of quaternary nitrogens is 1. The first kappa shape index (κ1) is 63.6. The van der Waals surface area contributed by atoms with Gasteiger partial charge >= 0.3 is 13.8 Å². The minimum Gasteiger partial charge on any atom is -0.457 e. The van der Waals surface area contributed by atoms with E-state index in [9.17, 15) is 14.3 Å². The summed E-state index contributed by atoms with van der Waals surface area (Å²) < 4.78 is 35.0. The Labute approximate surface area is 411 Å². The van der Waals surface area contributed by atoms with Crippen molar-refractivity contribution in [2.45, 2.75) is 174 Å². The molecule has 0 fully saturated rings. The molecule has 0 rings (SSSR count). The maximum Gasteiger partial charge on any atom is 0.472 e. The van der Waals surface area contributed by atoms with Gasteiger partial charge in [0.1, 0.15) is 19.3 Å². The molecule has 0 saturated carbocycles. The smallest absolute Gasteiger partial charge is 0.457 e. The highest BCUT2D eigenvalue weighted by atomic mass is 31.2. The summed E-state index contributed by atoms with van der Waals surface area (Å²) in [6, 6.07) is 0. The molecule has 67 heavy (non-hydrogen) atoms. The number of esters is 1. The van der Waals surface area contributed by atoms with E-state index in [0.717, 1.165) is 83.5 Å². The quantitative estimate of drug-likeness (QED) is 0.0214. The number of unbranched alkanes of at least 4 members (excludes halogenated alkanes) is 10. The third-order valence-electron chi connectivity index (χ3n) is 10.2. The number of hydrogen-bond donors (Lipinski definition) is 1. The van der Waals surface area contributed by atoms with Crippen molar-refractivity contribution in [1.82, 2.24) is 0 Å². The minimum absolute atomic E-state index is 0.0661. The Morgan fingerprint density at radius 2 is 0.821 bits per heavy atom. The Bertz CT molecular complexity index is 1520. The lowest BCUT2D eigenvalue weighted by Gasteiger charge is -2.24. The number of nitrogens with zero attached hydrogens (tertiary/aromatic N) is 1. The number of rotatable bonds is 46. The molecule has 2 unspecified atom stereocenters. The topological polar surface area (TPSA) is 91.3 Å². The summed E-state index contributed by atoms with van der Waals surface area (Å²) in [6.07, 6.45) is 72.4. The second-order valence-electron chi connectivity index (χ2n) is 17.8. The van der Waals surface area contributed by atoms with Gasteiger partial charge in [0.25, 0.3) is 0 Å². The van der Waals surface area contributed by atoms with Crippen LogP contribution in [0.2, 0.25) is 0 Å². The van der Waals surface area contributed by atoms with Crippen LogP contribution < -0.4 is 0 Å². The van der Waals surface area contributed by atoms with Crippen LogP contribution in [0.1, 0.15) is 168 Å². The molecule has 0 spiro atoms. The lowest BCUT2D eigenvalue weighted by Crippen LogP contribution is -2.37. The Morgan fingerprint density at radius 3 is 1.22 bits per heavy atom. The molecule has 0 radical (unpaired) electrons. The summed E-state index contributed by atoms with van der Waals surface area (Å²) in [5, 5.41) is 0. The van der Waals surface area contributed by atoms with Gasteiger partial charge in [-0.2, -0.15) is 0 Å². The molecule has 0 amide bonds. The Hall–Kier alpha value is -3.36. The summed E-state index contributed by atoms with van der Waals surface area (Å²) in [4.78, 5) is 23.0. The zero-order chi connectivity index (χ0) is 49.0. The van der Waals surface area contributed by atoms with E-state index in [2.05, 4.69) is 135 Å². The van der Waals surface area contributed by atoms with Crippen LogP contribution in [0, 0.1) is 0 Å². The summed E-state index contributed by atoms with van der Waals surface area (Å²) in [6.45, 7) is 5.25. The molecular weight excluding hydrogens is 854 g/mol. The van der Waals surface area contributed by atoms with Crippen LogP contribution in [0.3, 0.4) is 0 Å². The standard InChI is InChI=1S/C58H96NO7P/c1-6-8-10-12-14-16-18-20-22-24-26-27-28-29-30-31-32-34-36-38-40-42-44-46-48-50-53-63-55-57(56-65-67(61,62)64-54-52-59(3,4)5)66-58(60)51-49-47-45-43-41-39-37-35-33-25-23-21-19-17-15-13-11-9-7-2/h8-11,14-17,20-23,26-27,29-30,33,35,39,41,45,47,57H,6-7,12-13,18-19,24-25,28,31-32,34,36-38,40,42-44,46,48-56H2,1-5H3/p+1/b10-8-,11-9-,16-14-,17-15-,22-20-,23-21-,27-26-,30-29-,35-33-,41-39-,47-45-. The summed E-state index contributed by atoms with van der Waals surface area (Å²) in [5.41, 5.74) is 0. The zero-order valence-corrected chi connectivity index (χ0v) is 44.0. The second-order valence-corrected chi connectivity index (χ2v) is 19.2. The molecule has 8 nitrogen and oxygen atoms in total. The van der Waals surface area contributed by atoms with Gasteiger partial charge in [-0.3, -0.25) is 13.8 Å². The molecule has 0 aliphatic heterocycles. The third-order valence-corrected chi connectivity index (χ3v) is 11.2. The van der Waals surface area contributed by atoms with Gasteiger partial charge in [0.2, 0.25) is 0 Å². The number of carbonyl (C=O) groups is 1. The largest absolute Gasteiger partial charge is 0.472 e. The highest BCUT2D eigenvalue weighted by Crippen LogP contribution is 2.43. The van der Waals surface area contributed by atoms with Gasteiger partial charge < -0.3 is 18.9 Å². The first-order valence-corrected chi connectivity index (χ1v) is 27.4. The Morgan fingerprint density at radius 1 is 0.463 bits per heavy atom. The highest BCUT2D eigenvalue weighted by Gasteiger charge is 2.26. The van der Waals surface area contributed by atoms with E-state index in [4.69, 9.17) is 18.5 Å². The van der Waals surface area contributed by atoms with Gasteiger partial charge in [0.05, 0.1) is 34.4 Å². The number of ether oxygens (including phenoxy) is 2. The van der Waals surface area contributed by atoms with Crippen LogP contribution >= 0.6 is 7.82 Å². The van der Waals surface area contributed by atoms with Crippen molar-refractivity contribution < 1.29 is 37.3 Å². The molecule has 0 aliphatic carbocycles. The molecular formula is C58H97NO7P+. The van der Waals surface area contributed by atoms with Crippen molar-refractivity contribution in [3.8, 4) is 0 Å². The fourth-order valence-corrected chi connectivity index (χ4v) is 7.05. The van der Waals surface area contributed by atoms with Gasteiger partial charge in [-0.15, -0.1) is 0 Å². The summed E-state index contributed by atoms with van der Waals surface area (Å²) in [5.74, 6) is -0.402. The first-order chi connectivity index (χ1) is 32.6. The summed E-state index contributed by atoms with van der Waals surface area (Å²) in [7, 11) is 1.60. The van der Waals surface area contributed by atoms with E-state index < -0.39 is 19.9 Å². The lowest BCUT2D eigenvalue weighted by molar-refractivity contribution is -0.870. The molecule has 0 heterocycles. The second kappa shape index (κ2) is 49.1. The van der Waals surface area contributed by atoms with E-state index in [1.54, 1.807) is 0 Å². The number of hydrogen-bond acceptors (Lipinski definition) is 6. The van der Waals surface area contributed by atoms with Gasteiger partial charge in [-0.25, -0.2) is 4.57 Å². The van der Waals surface area contributed by atoms with Crippen LogP contribution in [0.25, 0.3) is 0 Å². The molecule has 380 valence electrons. The van der Waals surface area contributed by atoms with Crippen molar-refractivity contribution in [2.24, 2.45) is 0 Å². The number of likely N-dealkylation sites (N-methyl/N-ethyl adjacent to an activating group) is 1. The molecule has 2 atom stereocenters. The minimum atomic E-state index is -4.31. The van der Waals surface area contributed by atoms with E-state index >= 15 is 0 Å². The zero-order valence-electron chi connectivity index (χ0n) is 43.1. The maximum absolute atomic E-state index is 12.7. The Balaban J connectivity index is 4.26. The van der Waals surface area contributed by atoms with Crippen LogP contribution in [0.5, 0.6) is 0 Å². The monoisotopic (exact) mass is 951 g/mol. The van der Waals surface area contributed by atoms with Crippen molar-refractivity contribution >= 4 is 13.8 Å². The normalized spacial score (nSPS) is 14.7. The van der Waals surface area contributed by atoms with Crippen molar-refractivity contribution in [3.05, 3.63) is 134 Å². The van der Waals surface area contributed by atoms with Crippen molar-refractivity contribution in [1.29, 1.82) is 0 Å². The van der Waals surface area contributed by atoms with E-state index in [-0.39, 0.29) is 26.2 Å². The fourth-order valence-electron chi connectivity index (χ4n) is 6.31. The third kappa shape index (κ3) is 53.5. The molecule has 0 aliphatic rings. The molecule has 0 aromatic carbocycles. The van der Waals surface area contributed by atoms with E-state index in [0.29, 0.717) is 24.1 Å². The fraction of sp³-hybridized carbons (Fsp3) is 0.603. The predicted octanol–water partition coefficient (Wildman–Crippen LogP) is 16.3. The molecule has 9 heteroatoms. The van der Waals surface area contributed by atoms with Crippen LogP contribution in [0.15, 0.2) is 134 Å². The predicted molar refractivity (Wildman–Crippen MR) is 288 cm³/mol. The van der Waals surface area contributed by atoms with Crippen LogP contribution in [-0.4, -0.2) is 75.6 Å². The molecule has 0 aromatic rings. The van der Waals surface area contributed by atoms with E-state index in [1.165, 1.54) is 57.8 Å². The lowest BCUT2D eigenvalue weighted by atomic mass is 10.1. The van der Waals surface area contributed by atoms with Gasteiger partial charge in [-0.1, -0.05) is 199 Å². The Kier molecular flexibility index (Phi) is 46.6. The maximum atomic E-state index is 12.7.